The van der Waals surface area contributed by atoms with Crippen LogP contribution in [0.15, 0.2) is 83.0 Å². The number of benzene rings is 3. The summed E-state index contributed by atoms with van der Waals surface area (Å²) in [7, 11) is 0. The van der Waals surface area contributed by atoms with E-state index in [9.17, 15) is 14.7 Å². The Morgan fingerprint density at radius 2 is 1.78 bits per heavy atom. The summed E-state index contributed by atoms with van der Waals surface area (Å²) in [5.41, 5.74) is 10.1. The summed E-state index contributed by atoms with van der Waals surface area (Å²) in [6.45, 7) is 13.7. The number of piperazine rings is 1. The lowest BCUT2D eigenvalue weighted by Gasteiger charge is -2.36. The van der Waals surface area contributed by atoms with Crippen LogP contribution in [-0.4, -0.2) is 127 Å². The molecule has 76 heavy (non-hydrogen) atoms. The first-order valence-corrected chi connectivity index (χ1v) is 28.3. The fourth-order valence-electron chi connectivity index (χ4n) is 13.8. The maximum absolute atomic E-state index is 14.5. The Kier molecular flexibility index (Phi) is 12.6. The zero-order chi connectivity index (χ0) is 52.0. The van der Waals surface area contributed by atoms with Crippen molar-refractivity contribution in [2.24, 2.45) is 5.92 Å². The zero-order valence-corrected chi connectivity index (χ0v) is 44.7. The highest BCUT2D eigenvalue weighted by Crippen LogP contribution is 2.48. The number of nitrogens with zero attached hydrogens (tertiary/aromatic N) is 8. The van der Waals surface area contributed by atoms with Gasteiger partial charge in [0.1, 0.15) is 31.0 Å². The molecule has 16 nitrogen and oxygen atoms in total. The molecule has 7 aromatic rings. The number of fused-ring (bicyclic) bond motifs is 7. The van der Waals surface area contributed by atoms with E-state index in [1.54, 1.807) is 17.4 Å². The molecule has 0 spiro atoms. The molecule has 13 rings (SSSR count). The Hall–Kier alpha value is -6.53. The Morgan fingerprint density at radius 3 is 2.55 bits per heavy atom. The summed E-state index contributed by atoms with van der Waals surface area (Å²) in [5.74, 6) is 0.121. The maximum atomic E-state index is 14.5. The molecule has 3 aromatic carbocycles. The van der Waals surface area contributed by atoms with Gasteiger partial charge in [-0.15, -0.1) is 11.3 Å². The van der Waals surface area contributed by atoms with Crippen LogP contribution in [0, 0.1) is 12.8 Å². The number of β-amino-alcohol motifs (C(OH)–C–C–N with tert-alkyl or cyclic N) is 1. The molecule has 9 heterocycles. The number of pyridine rings is 1. The van der Waals surface area contributed by atoms with Crippen molar-refractivity contribution < 1.29 is 28.7 Å². The molecule has 1 aliphatic carbocycles. The predicted octanol–water partition coefficient (Wildman–Crippen LogP) is 8.70. The maximum Gasteiger partial charge on any atom is 0.319 e. The van der Waals surface area contributed by atoms with Crippen molar-refractivity contribution in [1.82, 2.24) is 45.5 Å². The number of hydrogen-bond acceptors (Lipinski definition) is 15. The standard InChI is InChI=1S/C59H66N10O6S/c1-32(2)49(57(72)68-28-42(70)23-46(68)56(71)62-34(4)36-13-15-38(16-14-36)54-35(5)61-31-76-54)47-24-48(66-75-47)73-29-41-19-21-59(20-8-22-69(41)59)30-74-58-64-53-45(55(65-58)67-26-39-17-18-40(27-67)63-39)25-60-52-44-12-7-10-37-9-6-11-43(51(37)44)33(3)50(52)53/h6-7,9-16,24-25,31-34,39-42,46,49,63,70H,8,17-23,26-30H2,1-5H3,(H,62,71)/t33?,34-,39?,40?,41-,42+,46-,49?,59-/m0/s1. The van der Waals surface area contributed by atoms with Crippen LogP contribution in [0.3, 0.4) is 0 Å². The molecule has 5 fully saturated rings. The summed E-state index contributed by atoms with van der Waals surface area (Å²) in [6, 6.07) is 23.1. The Balaban J connectivity index is 0.693. The van der Waals surface area contributed by atoms with Crippen molar-refractivity contribution in [3.63, 3.8) is 0 Å². The molecule has 6 aliphatic rings. The number of aliphatic hydroxyl groups is 1. The molecular weight excluding hydrogens is 977 g/mol. The minimum absolute atomic E-state index is 0.0495. The Bertz CT molecular complexity index is 3350. The first-order chi connectivity index (χ1) is 36.9. The largest absolute Gasteiger partial charge is 0.474 e. The van der Waals surface area contributed by atoms with Gasteiger partial charge < -0.3 is 39.5 Å². The fraction of sp³-hybridized carbons (Fsp3) is 0.475. The number of aromatic nitrogens is 5. The lowest BCUT2D eigenvalue weighted by molar-refractivity contribution is -0.141. The van der Waals surface area contributed by atoms with Gasteiger partial charge in [0.05, 0.1) is 50.4 Å². The van der Waals surface area contributed by atoms with Gasteiger partial charge in [0.15, 0.2) is 5.76 Å². The number of anilines is 1. The minimum Gasteiger partial charge on any atom is -0.474 e. The summed E-state index contributed by atoms with van der Waals surface area (Å²) < 4.78 is 19.2. The molecular formula is C59H66N10O6S. The van der Waals surface area contributed by atoms with Crippen molar-refractivity contribution in [2.45, 2.75) is 133 Å². The number of nitrogens with one attached hydrogen (secondary N) is 2. The van der Waals surface area contributed by atoms with E-state index < -0.39 is 18.1 Å². The number of carbonyl (C=O) groups is 2. The van der Waals surface area contributed by atoms with Crippen LogP contribution in [0.1, 0.15) is 119 Å². The average molecular weight is 1040 g/mol. The summed E-state index contributed by atoms with van der Waals surface area (Å²) >= 11 is 1.60. The average Bonchev–Trinajstić information content (AvgIpc) is 4.37. The van der Waals surface area contributed by atoms with Gasteiger partial charge in [-0.2, -0.15) is 9.97 Å². The highest BCUT2D eigenvalue weighted by Gasteiger charge is 2.51. The van der Waals surface area contributed by atoms with Gasteiger partial charge in [-0.05, 0) is 97.5 Å². The lowest BCUT2D eigenvalue weighted by Crippen LogP contribution is -2.51. The summed E-state index contributed by atoms with van der Waals surface area (Å²) in [6.07, 6.45) is 7.55. The second-order valence-electron chi connectivity index (χ2n) is 22.7. The normalized spacial score (nSPS) is 25.6. The van der Waals surface area contributed by atoms with Crippen molar-refractivity contribution >= 4 is 50.6 Å². The van der Waals surface area contributed by atoms with Gasteiger partial charge in [0, 0.05) is 73.5 Å². The van der Waals surface area contributed by atoms with Gasteiger partial charge in [0.25, 0.3) is 5.88 Å². The predicted molar refractivity (Wildman–Crippen MR) is 292 cm³/mol. The first kappa shape index (κ1) is 49.1. The van der Waals surface area contributed by atoms with E-state index in [0.717, 1.165) is 113 Å². The number of thiazole rings is 1. The van der Waals surface area contributed by atoms with Crippen molar-refractivity contribution in [1.29, 1.82) is 0 Å². The molecule has 4 aromatic heterocycles. The van der Waals surface area contributed by atoms with Crippen molar-refractivity contribution in [3.05, 3.63) is 107 Å². The van der Waals surface area contributed by atoms with Crippen molar-refractivity contribution in [2.75, 3.05) is 44.3 Å². The molecule has 5 saturated heterocycles. The molecule has 2 amide bonds. The zero-order valence-electron chi connectivity index (χ0n) is 43.9. The molecule has 0 radical (unpaired) electrons. The third kappa shape index (κ3) is 8.57. The molecule has 2 bridgehead atoms. The number of hydrogen-bond donors (Lipinski definition) is 3. The van der Waals surface area contributed by atoms with E-state index in [-0.39, 0.29) is 54.2 Å². The third-order valence-electron chi connectivity index (χ3n) is 17.7. The van der Waals surface area contributed by atoms with E-state index >= 15 is 0 Å². The Morgan fingerprint density at radius 1 is 0.974 bits per heavy atom. The number of ether oxygens (including phenoxy) is 2. The molecule has 4 unspecified atom stereocenters. The minimum atomic E-state index is -0.839. The molecule has 9 atom stereocenters. The number of rotatable bonds is 14. The highest BCUT2D eigenvalue weighted by molar-refractivity contribution is 7.13. The Labute approximate surface area is 446 Å². The molecule has 3 N–H and O–H groups in total. The fourth-order valence-corrected chi connectivity index (χ4v) is 14.6. The van der Waals surface area contributed by atoms with Crippen molar-refractivity contribution in [3.8, 4) is 33.6 Å². The lowest BCUT2D eigenvalue weighted by atomic mass is 9.79. The van der Waals surface area contributed by atoms with Gasteiger partial charge in [-0.1, -0.05) is 81.4 Å². The van der Waals surface area contributed by atoms with Gasteiger partial charge >= 0.3 is 6.01 Å². The SMILES string of the molecule is Cc1ncsc1-c1ccc([C@H](C)NC(=O)[C@@H]2C[C@@H](O)CN2C(=O)C(c2cc(OC[C@@H]3CC[C@]4(COc5nc(N6CC7CCC(C6)N7)c6cnc7c(c6n5)C(C)c5cccc6cccc-7c56)CCCN34)no2)C(C)C)cc1. The van der Waals surface area contributed by atoms with E-state index in [4.69, 9.17) is 28.9 Å². The summed E-state index contributed by atoms with van der Waals surface area (Å²) in [4.78, 5) is 56.2. The van der Waals surface area contributed by atoms with Crippen LogP contribution in [0.4, 0.5) is 5.82 Å². The summed E-state index contributed by atoms with van der Waals surface area (Å²) in [5, 5.41) is 25.5. The third-order valence-corrected chi connectivity index (χ3v) is 18.6. The molecule has 17 heteroatoms. The topological polar surface area (TPSA) is 184 Å². The molecule has 5 aliphatic heterocycles. The van der Waals surface area contributed by atoms with Crippen LogP contribution < -0.4 is 25.0 Å². The number of carbonyl (C=O) groups excluding carboxylic acids is 2. The van der Waals surface area contributed by atoms with Crippen LogP contribution in [0.5, 0.6) is 11.9 Å². The first-order valence-electron chi connectivity index (χ1n) is 27.4. The second kappa shape index (κ2) is 19.5. The molecule has 394 valence electrons. The van der Waals surface area contributed by atoms with E-state index in [1.807, 2.05) is 63.7 Å². The van der Waals surface area contributed by atoms with E-state index in [0.29, 0.717) is 42.9 Å². The second-order valence-corrected chi connectivity index (χ2v) is 23.6. The van der Waals surface area contributed by atoms with Gasteiger partial charge in [-0.25, -0.2) is 4.98 Å². The number of aryl methyl sites for hydroxylation is 1. The highest BCUT2D eigenvalue weighted by atomic mass is 32.1. The van der Waals surface area contributed by atoms with Gasteiger partial charge in [-0.3, -0.25) is 19.5 Å². The van der Waals surface area contributed by atoms with Gasteiger partial charge in [0.2, 0.25) is 11.8 Å². The quantitative estimate of drug-likeness (QED) is 0.0940. The van der Waals surface area contributed by atoms with Crippen LogP contribution in [0.25, 0.3) is 43.4 Å². The van der Waals surface area contributed by atoms with E-state index in [2.05, 4.69) is 73.9 Å². The van der Waals surface area contributed by atoms with E-state index in [1.165, 1.54) is 21.2 Å². The van der Waals surface area contributed by atoms with Crippen LogP contribution >= 0.6 is 11.3 Å². The number of likely N-dealkylation sites (tertiary alicyclic amines) is 1. The smallest absolute Gasteiger partial charge is 0.319 e. The monoisotopic (exact) mass is 1040 g/mol. The number of aliphatic hydroxyl groups excluding tert-OH is 1. The van der Waals surface area contributed by atoms with Crippen LogP contribution in [0.2, 0.25) is 0 Å². The molecule has 0 saturated carbocycles. The van der Waals surface area contributed by atoms with Crippen LogP contribution in [-0.2, 0) is 9.59 Å². The number of amides is 2.